The molecule has 0 aliphatic carbocycles. The molecule has 0 saturated carbocycles. The van der Waals surface area contributed by atoms with Crippen molar-refractivity contribution in [3.8, 4) is 5.88 Å². The highest BCUT2D eigenvalue weighted by Crippen LogP contribution is 2.12. The van der Waals surface area contributed by atoms with Crippen LogP contribution in [0.2, 0.25) is 0 Å². The average molecular weight is 194 g/mol. The zero-order valence-corrected chi connectivity index (χ0v) is 9.03. The van der Waals surface area contributed by atoms with Crippen LogP contribution >= 0.6 is 0 Å². The van der Waals surface area contributed by atoms with E-state index in [1.807, 2.05) is 12.1 Å². The summed E-state index contributed by atoms with van der Waals surface area (Å²) in [6, 6.07) is 4.11. The summed E-state index contributed by atoms with van der Waals surface area (Å²) in [5.41, 5.74) is 7.16. The third kappa shape index (κ3) is 3.00. The fraction of sp³-hybridized carbons (Fsp3) is 0.545. The smallest absolute Gasteiger partial charge is 0.213 e. The summed E-state index contributed by atoms with van der Waals surface area (Å²) in [5.74, 6) is 1.15. The quantitative estimate of drug-likeness (QED) is 0.792. The van der Waals surface area contributed by atoms with E-state index in [0.717, 1.165) is 6.42 Å². The summed E-state index contributed by atoms with van der Waals surface area (Å²) in [6.45, 7) is 4.26. The Morgan fingerprint density at radius 1 is 1.50 bits per heavy atom. The largest absolute Gasteiger partial charge is 0.481 e. The molecule has 0 fully saturated rings. The van der Waals surface area contributed by atoms with Crippen LogP contribution in [0.3, 0.4) is 0 Å². The van der Waals surface area contributed by atoms with Crippen molar-refractivity contribution in [2.45, 2.75) is 26.3 Å². The van der Waals surface area contributed by atoms with E-state index in [9.17, 15) is 0 Å². The minimum atomic E-state index is 0.196. The van der Waals surface area contributed by atoms with Crippen LogP contribution in [0.15, 0.2) is 18.3 Å². The summed E-state index contributed by atoms with van der Waals surface area (Å²) in [5, 5.41) is 0. The molecule has 0 aromatic carbocycles. The van der Waals surface area contributed by atoms with Crippen LogP contribution in [0.5, 0.6) is 5.88 Å². The number of methoxy groups -OCH3 is 1. The third-order valence-corrected chi connectivity index (χ3v) is 2.34. The Bertz CT molecular complexity index is 286. The van der Waals surface area contributed by atoms with Gasteiger partial charge in [-0.25, -0.2) is 4.98 Å². The van der Waals surface area contributed by atoms with Crippen LogP contribution in [0.1, 0.15) is 19.4 Å². The van der Waals surface area contributed by atoms with Crippen LogP contribution in [0.4, 0.5) is 0 Å². The summed E-state index contributed by atoms with van der Waals surface area (Å²) >= 11 is 0. The highest BCUT2D eigenvalue weighted by atomic mass is 16.5. The first-order chi connectivity index (χ1) is 6.63. The lowest BCUT2D eigenvalue weighted by atomic mass is 9.98. The number of nitrogens with two attached hydrogens (primary N) is 1. The van der Waals surface area contributed by atoms with E-state index < -0.39 is 0 Å². The van der Waals surface area contributed by atoms with Gasteiger partial charge >= 0.3 is 0 Å². The second kappa shape index (κ2) is 4.96. The monoisotopic (exact) mass is 194 g/mol. The van der Waals surface area contributed by atoms with Crippen LogP contribution < -0.4 is 10.5 Å². The normalized spacial score (nSPS) is 12.9. The molecule has 1 unspecified atom stereocenters. The van der Waals surface area contributed by atoms with Gasteiger partial charge in [-0.2, -0.15) is 0 Å². The van der Waals surface area contributed by atoms with E-state index in [1.54, 1.807) is 13.3 Å². The van der Waals surface area contributed by atoms with Crippen LogP contribution in [0, 0.1) is 5.92 Å². The van der Waals surface area contributed by atoms with Gasteiger partial charge in [-0.3, -0.25) is 0 Å². The number of ether oxygens (including phenoxy) is 1. The zero-order chi connectivity index (χ0) is 10.6. The van der Waals surface area contributed by atoms with Crippen LogP contribution in [0.25, 0.3) is 0 Å². The van der Waals surface area contributed by atoms with Crippen LogP contribution in [-0.2, 0) is 6.42 Å². The Labute approximate surface area is 85.3 Å². The molecule has 3 nitrogen and oxygen atoms in total. The van der Waals surface area contributed by atoms with Gasteiger partial charge in [-0.15, -0.1) is 0 Å². The molecule has 0 radical (unpaired) electrons. The molecule has 0 amide bonds. The lowest BCUT2D eigenvalue weighted by molar-refractivity contribution is 0.396. The molecule has 1 aromatic heterocycles. The van der Waals surface area contributed by atoms with Gasteiger partial charge in [0.15, 0.2) is 0 Å². The van der Waals surface area contributed by atoms with Crippen molar-refractivity contribution in [3.05, 3.63) is 23.9 Å². The predicted molar refractivity (Wildman–Crippen MR) is 57.3 cm³/mol. The van der Waals surface area contributed by atoms with Crippen molar-refractivity contribution >= 4 is 0 Å². The fourth-order valence-corrected chi connectivity index (χ4v) is 1.20. The Balaban J connectivity index is 2.66. The van der Waals surface area contributed by atoms with Gasteiger partial charge in [0.1, 0.15) is 0 Å². The molecule has 1 heterocycles. The Morgan fingerprint density at radius 2 is 2.21 bits per heavy atom. The molecule has 78 valence electrons. The maximum absolute atomic E-state index is 5.98. The molecular weight excluding hydrogens is 176 g/mol. The van der Waals surface area contributed by atoms with Crippen molar-refractivity contribution in [3.63, 3.8) is 0 Å². The molecule has 0 aliphatic heterocycles. The van der Waals surface area contributed by atoms with E-state index in [-0.39, 0.29) is 6.04 Å². The minimum absolute atomic E-state index is 0.196. The van der Waals surface area contributed by atoms with E-state index >= 15 is 0 Å². The highest BCUT2D eigenvalue weighted by Gasteiger charge is 2.08. The summed E-state index contributed by atoms with van der Waals surface area (Å²) in [7, 11) is 1.62. The number of aromatic nitrogens is 1. The number of nitrogens with zero attached hydrogens (tertiary/aromatic N) is 1. The van der Waals surface area contributed by atoms with E-state index in [4.69, 9.17) is 10.5 Å². The lowest BCUT2D eigenvalue weighted by Crippen LogP contribution is -2.28. The Hall–Kier alpha value is -1.09. The first kappa shape index (κ1) is 11.0. The maximum Gasteiger partial charge on any atom is 0.213 e. The van der Waals surface area contributed by atoms with Crippen molar-refractivity contribution in [1.82, 2.24) is 4.98 Å². The van der Waals surface area contributed by atoms with Crippen molar-refractivity contribution in [1.29, 1.82) is 0 Å². The fourth-order valence-electron chi connectivity index (χ4n) is 1.20. The second-order valence-corrected chi connectivity index (χ2v) is 3.82. The maximum atomic E-state index is 5.98. The second-order valence-electron chi connectivity index (χ2n) is 3.82. The molecule has 0 saturated heterocycles. The highest BCUT2D eigenvalue weighted by molar-refractivity contribution is 5.21. The summed E-state index contributed by atoms with van der Waals surface area (Å²) in [6.07, 6.45) is 2.62. The molecule has 1 aromatic rings. The van der Waals surface area contributed by atoms with E-state index in [2.05, 4.69) is 18.8 Å². The molecular formula is C11H18N2O. The molecule has 1 rings (SSSR count). The molecule has 0 spiro atoms. The number of hydrogen-bond donors (Lipinski definition) is 1. The van der Waals surface area contributed by atoms with Crippen molar-refractivity contribution in [2.75, 3.05) is 7.11 Å². The molecule has 0 aliphatic rings. The van der Waals surface area contributed by atoms with Gasteiger partial charge < -0.3 is 10.5 Å². The molecule has 14 heavy (non-hydrogen) atoms. The SMILES string of the molecule is COc1cc(CC(N)C(C)C)ccn1. The number of hydrogen-bond acceptors (Lipinski definition) is 3. The topological polar surface area (TPSA) is 48.1 Å². The van der Waals surface area contributed by atoms with Crippen molar-refractivity contribution < 1.29 is 4.74 Å². The van der Waals surface area contributed by atoms with Gasteiger partial charge in [-0.05, 0) is 24.0 Å². The predicted octanol–water partition coefficient (Wildman–Crippen LogP) is 1.62. The molecule has 0 bridgehead atoms. The summed E-state index contributed by atoms with van der Waals surface area (Å²) < 4.78 is 5.04. The van der Waals surface area contributed by atoms with E-state index in [1.165, 1.54) is 5.56 Å². The average Bonchev–Trinajstić information content (AvgIpc) is 2.18. The Kier molecular flexibility index (Phi) is 3.89. The summed E-state index contributed by atoms with van der Waals surface area (Å²) in [4.78, 5) is 4.05. The number of pyridine rings is 1. The van der Waals surface area contributed by atoms with E-state index in [0.29, 0.717) is 11.8 Å². The van der Waals surface area contributed by atoms with Crippen molar-refractivity contribution in [2.24, 2.45) is 11.7 Å². The zero-order valence-electron chi connectivity index (χ0n) is 9.03. The van der Waals surface area contributed by atoms with Gasteiger partial charge in [0.05, 0.1) is 7.11 Å². The first-order valence-electron chi connectivity index (χ1n) is 4.88. The minimum Gasteiger partial charge on any atom is -0.481 e. The first-order valence-corrected chi connectivity index (χ1v) is 4.88. The molecule has 2 N–H and O–H groups in total. The van der Waals surface area contributed by atoms with Gasteiger partial charge in [0.2, 0.25) is 5.88 Å². The standard InChI is InChI=1S/C11H18N2O/c1-8(2)10(12)6-9-4-5-13-11(7-9)14-3/h4-5,7-8,10H,6,12H2,1-3H3. The lowest BCUT2D eigenvalue weighted by Gasteiger charge is -2.15. The molecule has 1 atom stereocenters. The number of rotatable bonds is 4. The van der Waals surface area contributed by atoms with Gasteiger partial charge in [0.25, 0.3) is 0 Å². The molecule has 3 heteroatoms. The Morgan fingerprint density at radius 3 is 2.79 bits per heavy atom. The van der Waals surface area contributed by atoms with Gasteiger partial charge in [-0.1, -0.05) is 13.8 Å². The third-order valence-electron chi connectivity index (χ3n) is 2.34. The van der Waals surface area contributed by atoms with Crippen LogP contribution in [-0.4, -0.2) is 18.1 Å². The van der Waals surface area contributed by atoms with Gasteiger partial charge in [0, 0.05) is 18.3 Å².